The van der Waals surface area contributed by atoms with E-state index in [0.717, 1.165) is 12.3 Å². The molecule has 0 aliphatic rings. The first kappa shape index (κ1) is 11.8. The minimum Gasteiger partial charge on any atom is -0.490 e. The van der Waals surface area contributed by atoms with Crippen molar-refractivity contribution in [2.24, 2.45) is 0 Å². The predicted molar refractivity (Wildman–Crippen MR) is 64.2 cm³/mol. The Hall–Kier alpha value is -1.28. The summed E-state index contributed by atoms with van der Waals surface area (Å²) in [6, 6.07) is 9.88. The summed E-state index contributed by atoms with van der Waals surface area (Å²) in [7, 11) is 4.13. The summed E-state index contributed by atoms with van der Waals surface area (Å²) in [5, 5.41) is 0. The highest BCUT2D eigenvalue weighted by molar-refractivity contribution is 5.21. The van der Waals surface area contributed by atoms with Gasteiger partial charge in [0.2, 0.25) is 0 Å². The summed E-state index contributed by atoms with van der Waals surface area (Å²) < 4.78 is 5.56. The first-order valence-corrected chi connectivity index (χ1v) is 5.16. The average molecular weight is 205 g/mol. The van der Waals surface area contributed by atoms with Crippen LogP contribution in [0.5, 0.6) is 5.75 Å². The Morgan fingerprint density at radius 3 is 2.53 bits per heavy atom. The van der Waals surface area contributed by atoms with E-state index in [-0.39, 0.29) is 0 Å². The topological polar surface area (TPSA) is 12.5 Å². The highest BCUT2D eigenvalue weighted by Crippen LogP contribution is 2.08. The van der Waals surface area contributed by atoms with Crippen molar-refractivity contribution in [3.8, 4) is 5.75 Å². The Kier molecular flexibility index (Phi) is 4.91. The second-order valence-corrected chi connectivity index (χ2v) is 3.91. The van der Waals surface area contributed by atoms with Crippen molar-refractivity contribution in [1.29, 1.82) is 0 Å². The Morgan fingerprint density at radius 1 is 1.27 bits per heavy atom. The van der Waals surface area contributed by atoms with Crippen LogP contribution in [0.2, 0.25) is 0 Å². The fourth-order valence-corrected chi connectivity index (χ4v) is 1.36. The molecule has 2 heteroatoms. The van der Waals surface area contributed by atoms with Gasteiger partial charge in [0.1, 0.15) is 12.4 Å². The van der Waals surface area contributed by atoms with Crippen LogP contribution in [0.25, 0.3) is 0 Å². The first-order valence-electron chi connectivity index (χ1n) is 5.16. The molecule has 0 saturated heterocycles. The van der Waals surface area contributed by atoms with E-state index in [1.807, 2.05) is 30.3 Å². The van der Waals surface area contributed by atoms with Gasteiger partial charge in [-0.05, 0) is 39.2 Å². The molecule has 0 aromatic heterocycles. The highest BCUT2D eigenvalue weighted by Gasteiger charge is 1.93. The normalized spacial score (nSPS) is 11.9. The fraction of sp³-hybridized carbons (Fsp3) is 0.385. The number of ether oxygens (including phenoxy) is 1. The molecule has 0 aliphatic carbocycles. The number of rotatable bonds is 5. The third-order valence-electron chi connectivity index (χ3n) is 1.99. The van der Waals surface area contributed by atoms with Gasteiger partial charge in [0.25, 0.3) is 0 Å². The summed E-state index contributed by atoms with van der Waals surface area (Å²) in [5.41, 5.74) is 1.33. The third-order valence-corrected chi connectivity index (χ3v) is 1.99. The molecule has 0 N–H and O–H groups in total. The van der Waals surface area contributed by atoms with E-state index in [9.17, 15) is 0 Å². The maximum Gasteiger partial charge on any atom is 0.119 e. The third kappa shape index (κ3) is 5.23. The molecular weight excluding hydrogens is 186 g/mol. The van der Waals surface area contributed by atoms with Crippen molar-refractivity contribution in [2.75, 3.05) is 27.2 Å². The molecule has 0 saturated carbocycles. The fourth-order valence-electron chi connectivity index (χ4n) is 1.36. The summed E-state index contributed by atoms with van der Waals surface area (Å²) in [4.78, 5) is 2.15. The lowest BCUT2D eigenvalue weighted by atomic mass is 10.3. The minimum absolute atomic E-state index is 0.643. The molecule has 0 aliphatic heterocycles. The van der Waals surface area contributed by atoms with E-state index in [0.29, 0.717) is 6.61 Å². The quantitative estimate of drug-likeness (QED) is 0.685. The monoisotopic (exact) mass is 205 g/mol. The summed E-state index contributed by atoms with van der Waals surface area (Å²) in [5.74, 6) is 0.923. The Morgan fingerprint density at radius 2 is 1.93 bits per heavy atom. The number of para-hydroxylation sites is 1. The molecule has 0 fully saturated rings. The molecule has 0 amide bonds. The zero-order valence-electron chi connectivity index (χ0n) is 9.73. The van der Waals surface area contributed by atoms with Crippen molar-refractivity contribution < 1.29 is 4.74 Å². The Balaban J connectivity index is 2.32. The van der Waals surface area contributed by atoms with Crippen LogP contribution >= 0.6 is 0 Å². The van der Waals surface area contributed by atoms with Crippen LogP contribution in [0.4, 0.5) is 0 Å². The van der Waals surface area contributed by atoms with Crippen LogP contribution in [-0.4, -0.2) is 32.1 Å². The van der Waals surface area contributed by atoms with E-state index in [1.165, 1.54) is 5.57 Å². The van der Waals surface area contributed by atoms with Gasteiger partial charge in [0.15, 0.2) is 0 Å². The second kappa shape index (κ2) is 6.25. The molecule has 0 spiro atoms. The van der Waals surface area contributed by atoms with Crippen LogP contribution in [0.1, 0.15) is 6.92 Å². The van der Waals surface area contributed by atoms with Crippen molar-refractivity contribution >= 4 is 0 Å². The molecular formula is C13H19NO. The van der Waals surface area contributed by atoms with Crippen LogP contribution in [-0.2, 0) is 0 Å². The maximum atomic E-state index is 5.56. The van der Waals surface area contributed by atoms with Crippen molar-refractivity contribution in [2.45, 2.75) is 6.92 Å². The van der Waals surface area contributed by atoms with Gasteiger partial charge in [-0.2, -0.15) is 0 Å². The number of hydrogen-bond donors (Lipinski definition) is 0. The molecule has 0 unspecified atom stereocenters. The second-order valence-electron chi connectivity index (χ2n) is 3.91. The molecule has 1 aromatic rings. The molecule has 0 heterocycles. The summed E-state index contributed by atoms with van der Waals surface area (Å²) in [6.07, 6.45) is 2.12. The molecule has 2 nitrogen and oxygen atoms in total. The van der Waals surface area contributed by atoms with Gasteiger partial charge in [-0.1, -0.05) is 23.8 Å². The zero-order chi connectivity index (χ0) is 11.1. The minimum atomic E-state index is 0.643. The van der Waals surface area contributed by atoms with E-state index in [4.69, 9.17) is 4.74 Å². The maximum absolute atomic E-state index is 5.56. The number of nitrogens with zero attached hydrogens (tertiary/aromatic N) is 1. The van der Waals surface area contributed by atoms with Crippen LogP contribution in [0.15, 0.2) is 42.0 Å². The molecule has 1 rings (SSSR count). The van der Waals surface area contributed by atoms with Crippen LogP contribution in [0.3, 0.4) is 0 Å². The van der Waals surface area contributed by atoms with Gasteiger partial charge < -0.3 is 9.64 Å². The van der Waals surface area contributed by atoms with Gasteiger partial charge in [-0.15, -0.1) is 0 Å². The Labute approximate surface area is 92.2 Å². The highest BCUT2D eigenvalue weighted by atomic mass is 16.5. The standard InChI is InChI=1S/C13H19NO/c1-12(11-14(2)3)9-10-15-13-7-5-4-6-8-13/h4-9H,10-11H2,1-3H3/b12-9+. The van der Waals surface area contributed by atoms with Crippen LogP contribution in [0, 0.1) is 0 Å². The van der Waals surface area contributed by atoms with E-state index in [2.05, 4.69) is 32.0 Å². The van der Waals surface area contributed by atoms with Gasteiger partial charge in [0, 0.05) is 6.54 Å². The average Bonchev–Trinajstić information content (AvgIpc) is 2.18. The number of benzene rings is 1. The van der Waals surface area contributed by atoms with E-state index in [1.54, 1.807) is 0 Å². The van der Waals surface area contributed by atoms with Crippen molar-refractivity contribution in [1.82, 2.24) is 4.90 Å². The van der Waals surface area contributed by atoms with Gasteiger partial charge >= 0.3 is 0 Å². The number of hydrogen-bond acceptors (Lipinski definition) is 2. The SMILES string of the molecule is C/C(=C\COc1ccccc1)CN(C)C. The first-order chi connectivity index (χ1) is 7.18. The largest absolute Gasteiger partial charge is 0.490 e. The van der Waals surface area contributed by atoms with Gasteiger partial charge in [-0.3, -0.25) is 0 Å². The van der Waals surface area contributed by atoms with E-state index >= 15 is 0 Å². The smallest absolute Gasteiger partial charge is 0.119 e. The lowest BCUT2D eigenvalue weighted by molar-refractivity contribution is 0.360. The molecule has 1 aromatic carbocycles. The van der Waals surface area contributed by atoms with Gasteiger partial charge in [0.05, 0.1) is 0 Å². The Bertz CT molecular complexity index is 304. The molecule has 82 valence electrons. The van der Waals surface area contributed by atoms with Crippen molar-refractivity contribution in [3.05, 3.63) is 42.0 Å². The molecule has 0 atom stereocenters. The van der Waals surface area contributed by atoms with Crippen molar-refractivity contribution in [3.63, 3.8) is 0 Å². The summed E-state index contributed by atoms with van der Waals surface area (Å²) >= 11 is 0. The van der Waals surface area contributed by atoms with Gasteiger partial charge in [-0.25, -0.2) is 0 Å². The lowest BCUT2D eigenvalue weighted by Gasteiger charge is -2.09. The molecule has 0 bridgehead atoms. The van der Waals surface area contributed by atoms with Crippen LogP contribution < -0.4 is 4.74 Å². The zero-order valence-corrected chi connectivity index (χ0v) is 9.73. The molecule has 15 heavy (non-hydrogen) atoms. The predicted octanol–water partition coefficient (Wildman–Crippen LogP) is 2.57. The molecule has 0 radical (unpaired) electrons. The van der Waals surface area contributed by atoms with E-state index < -0.39 is 0 Å². The summed E-state index contributed by atoms with van der Waals surface area (Å²) in [6.45, 7) is 3.75. The number of likely N-dealkylation sites (N-methyl/N-ethyl adjacent to an activating group) is 1. The lowest BCUT2D eigenvalue weighted by Crippen LogP contribution is -2.14.